The first-order valence-corrected chi connectivity index (χ1v) is 5.06. The minimum absolute atomic E-state index is 0.356. The van der Waals surface area contributed by atoms with Crippen LogP contribution in [0.15, 0.2) is 0 Å². The lowest BCUT2D eigenvalue weighted by molar-refractivity contribution is -0.138. The highest BCUT2D eigenvalue weighted by Gasteiger charge is 2.09. The van der Waals surface area contributed by atoms with Crippen LogP contribution in [-0.2, 0) is 9.53 Å². The Bertz CT molecular complexity index is 199. The fraction of sp³-hybridized carbons (Fsp3) is 0.778. The van der Waals surface area contributed by atoms with Crippen LogP contribution >= 0.6 is 0 Å². The quantitative estimate of drug-likeness (QED) is 0.463. The molecule has 0 aromatic heterocycles. The number of ether oxygens (including phenoxy) is 1. The summed E-state index contributed by atoms with van der Waals surface area (Å²) < 4.78 is 4.18. The number of carboxylic acids is 1. The molecule has 0 aromatic rings. The Morgan fingerprint density at radius 3 is 2.19 bits per heavy atom. The Morgan fingerprint density at radius 1 is 1.38 bits per heavy atom. The molecule has 0 rings (SSSR count). The molecule has 0 unspecified atom stereocenters. The fourth-order valence-corrected chi connectivity index (χ4v) is 0.774. The number of carbonyl (C=O) groups excluding carboxylic acids is 1. The van der Waals surface area contributed by atoms with Crippen LogP contribution in [0.2, 0.25) is 0 Å². The van der Waals surface area contributed by atoms with Gasteiger partial charge in [0, 0.05) is 0 Å². The van der Waals surface area contributed by atoms with E-state index in [-0.39, 0.29) is 0 Å². The van der Waals surface area contributed by atoms with E-state index in [4.69, 9.17) is 16.6 Å². The fourth-order valence-electron chi connectivity index (χ4n) is 0.774. The van der Waals surface area contributed by atoms with Crippen molar-refractivity contribution in [1.29, 1.82) is 0 Å². The molecule has 0 aliphatic heterocycles. The lowest BCUT2D eigenvalue weighted by Gasteiger charge is -2.03. The Hall–Kier alpha value is -1.34. The Balaban J connectivity index is 0. The van der Waals surface area contributed by atoms with E-state index >= 15 is 0 Å². The molecular formula is C9H21N3O4. The van der Waals surface area contributed by atoms with Gasteiger partial charge in [-0.15, -0.1) is 0 Å². The third-order valence-electron chi connectivity index (χ3n) is 1.57. The molecule has 0 saturated carbocycles. The van der Waals surface area contributed by atoms with Crippen LogP contribution < -0.4 is 17.2 Å². The highest BCUT2D eigenvalue weighted by Crippen LogP contribution is 1.96. The van der Waals surface area contributed by atoms with Crippen molar-refractivity contribution >= 4 is 12.1 Å². The topological polar surface area (TPSA) is 142 Å². The summed E-state index contributed by atoms with van der Waals surface area (Å²) in [5.74, 6) is -0.933. The van der Waals surface area contributed by atoms with Gasteiger partial charge in [-0.05, 0) is 26.3 Å². The monoisotopic (exact) mass is 235 g/mol. The molecule has 0 aromatic carbocycles. The first-order chi connectivity index (χ1) is 7.45. The van der Waals surface area contributed by atoms with Crippen molar-refractivity contribution in [2.24, 2.45) is 17.2 Å². The summed E-state index contributed by atoms with van der Waals surface area (Å²) in [7, 11) is 0. The van der Waals surface area contributed by atoms with Gasteiger partial charge in [0.2, 0.25) is 0 Å². The summed E-state index contributed by atoms with van der Waals surface area (Å²) in [6.45, 7) is 2.66. The van der Waals surface area contributed by atoms with Crippen LogP contribution in [0.3, 0.4) is 0 Å². The molecule has 0 heterocycles. The molecule has 1 atom stereocenters. The first kappa shape index (κ1) is 17.1. The van der Waals surface area contributed by atoms with Gasteiger partial charge in [-0.25, -0.2) is 4.79 Å². The molecule has 0 saturated heterocycles. The zero-order valence-corrected chi connectivity index (χ0v) is 9.52. The SMILES string of the molecule is CCOC(N)=O.NCCCC[C@H](N)C(=O)O. The van der Waals surface area contributed by atoms with Gasteiger partial charge in [-0.3, -0.25) is 4.79 Å². The van der Waals surface area contributed by atoms with Crippen LogP contribution in [0.5, 0.6) is 0 Å². The molecule has 1 amide bonds. The average Bonchev–Trinajstić information content (AvgIpc) is 2.18. The molecule has 7 heteroatoms. The van der Waals surface area contributed by atoms with E-state index in [2.05, 4.69) is 10.5 Å². The zero-order valence-electron chi connectivity index (χ0n) is 9.52. The van der Waals surface area contributed by atoms with Gasteiger partial charge in [0.05, 0.1) is 6.61 Å². The number of hydrogen-bond acceptors (Lipinski definition) is 5. The average molecular weight is 235 g/mol. The lowest BCUT2D eigenvalue weighted by Crippen LogP contribution is -2.29. The Morgan fingerprint density at radius 2 is 1.94 bits per heavy atom. The number of hydrogen-bond donors (Lipinski definition) is 4. The van der Waals surface area contributed by atoms with Crippen molar-refractivity contribution in [3.8, 4) is 0 Å². The highest BCUT2D eigenvalue weighted by molar-refractivity contribution is 5.72. The van der Waals surface area contributed by atoms with Gasteiger partial charge in [0.25, 0.3) is 0 Å². The van der Waals surface area contributed by atoms with Crippen LogP contribution in [0, 0.1) is 0 Å². The van der Waals surface area contributed by atoms with Crippen LogP contribution in [-0.4, -0.2) is 36.4 Å². The van der Waals surface area contributed by atoms with Gasteiger partial charge in [0.1, 0.15) is 6.04 Å². The summed E-state index contributed by atoms with van der Waals surface area (Å²) in [5, 5.41) is 8.33. The van der Waals surface area contributed by atoms with E-state index in [0.717, 1.165) is 12.8 Å². The molecule has 0 aliphatic rings. The number of unbranched alkanes of at least 4 members (excludes halogenated alkanes) is 1. The number of aliphatic carboxylic acids is 1. The number of nitrogens with two attached hydrogens (primary N) is 3. The van der Waals surface area contributed by atoms with E-state index < -0.39 is 18.1 Å². The van der Waals surface area contributed by atoms with Crippen molar-refractivity contribution < 1.29 is 19.4 Å². The number of amides is 1. The van der Waals surface area contributed by atoms with Gasteiger partial charge in [-0.1, -0.05) is 6.42 Å². The predicted molar refractivity (Wildman–Crippen MR) is 59.7 cm³/mol. The molecule has 7 N–H and O–H groups in total. The summed E-state index contributed by atoms with van der Waals surface area (Å²) in [6, 6.07) is -0.716. The molecule has 0 spiro atoms. The summed E-state index contributed by atoms with van der Waals surface area (Å²) in [5.41, 5.74) is 15.0. The van der Waals surface area contributed by atoms with E-state index in [1.165, 1.54) is 0 Å². The first-order valence-electron chi connectivity index (χ1n) is 5.06. The maximum absolute atomic E-state index is 10.1. The predicted octanol–water partition coefficient (Wildman–Crippen LogP) is -0.371. The standard InChI is InChI=1S/C6H14N2O2.C3H7NO2/c7-4-2-1-3-5(8)6(9)10;1-2-6-3(4)5/h5H,1-4,7-8H2,(H,9,10);2H2,1H3,(H2,4,5)/t5-;/m0./s1. The Labute approximate surface area is 94.9 Å². The molecule has 0 radical (unpaired) electrons. The molecule has 0 aliphatic carbocycles. The molecule has 96 valence electrons. The number of primary amides is 1. The number of carboxylic acid groups (broad SMARTS) is 1. The van der Waals surface area contributed by atoms with Gasteiger partial charge in [-0.2, -0.15) is 0 Å². The second-order valence-electron chi connectivity index (χ2n) is 2.98. The van der Waals surface area contributed by atoms with Crippen LogP contribution in [0.25, 0.3) is 0 Å². The van der Waals surface area contributed by atoms with E-state index in [1.54, 1.807) is 6.92 Å². The van der Waals surface area contributed by atoms with Gasteiger partial charge in [0.15, 0.2) is 0 Å². The van der Waals surface area contributed by atoms with Crippen LogP contribution in [0.4, 0.5) is 4.79 Å². The van der Waals surface area contributed by atoms with Crippen LogP contribution in [0.1, 0.15) is 26.2 Å². The van der Waals surface area contributed by atoms with Crippen molar-refractivity contribution in [2.45, 2.75) is 32.2 Å². The van der Waals surface area contributed by atoms with Crippen molar-refractivity contribution in [2.75, 3.05) is 13.2 Å². The largest absolute Gasteiger partial charge is 0.480 e. The second kappa shape index (κ2) is 11.7. The minimum Gasteiger partial charge on any atom is -0.480 e. The summed E-state index contributed by atoms with van der Waals surface area (Å²) >= 11 is 0. The van der Waals surface area contributed by atoms with Gasteiger partial charge < -0.3 is 27.0 Å². The normalized spacial score (nSPS) is 10.9. The summed E-state index contributed by atoms with van der Waals surface area (Å²) in [4.78, 5) is 19.7. The highest BCUT2D eigenvalue weighted by atomic mass is 16.5. The third kappa shape index (κ3) is 15.1. The van der Waals surface area contributed by atoms with E-state index in [1.807, 2.05) is 0 Å². The maximum atomic E-state index is 10.1. The Kier molecular flexibility index (Phi) is 12.5. The van der Waals surface area contributed by atoms with E-state index in [9.17, 15) is 9.59 Å². The second-order valence-corrected chi connectivity index (χ2v) is 2.98. The van der Waals surface area contributed by atoms with E-state index in [0.29, 0.717) is 19.6 Å². The van der Waals surface area contributed by atoms with Crippen molar-refractivity contribution in [1.82, 2.24) is 0 Å². The number of rotatable bonds is 6. The number of carbonyl (C=O) groups is 2. The zero-order chi connectivity index (χ0) is 13.0. The molecule has 0 bridgehead atoms. The third-order valence-corrected chi connectivity index (χ3v) is 1.57. The molecule has 0 fully saturated rings. The summed E-state index contributed by atoms with van der Waals surface area (Å²) in [6.07, 6.45) is 1.45. The maximum Gasteiger partial charge on any atom is 0.404 e. The minimum atomic E-state index is -0.933. The molecule has 7 nitrogen and oxygen atoms in total. The van der Waals surface area contributed by atoms with Gasteiger partial charge >= 0.3 is 12.1 Å². The lowest BCUT2D eigenvalue weighted by atomic mass is 10.1. The smallest absolute Gasteiger partial charge is 0.404 e. The molecular weight excluding hydrogens is 214 g/mol. The molecule has 16 heavy (non-hydrogen) atoms. The van der Waals surface area contributed by atoms with Crippen molar-refractivity contribution in [3.05, 3.63) is 0 Å². The van der Waals surface area contributed by atoms with Crippen molar-refractivity contribution in [3.63, 3.8) is 0 Å².